The number of benzene rings is 1. The highest BCUT2D eigenvalue weighted by atomic mass is 16.2. The van der Waals surface area contributed by atoms with Crippen LogP contribution in [0.3, 0.4) is 0 Å². The number of hydrogen-bond donors (Lipinski definition) is 0. The lowest BCUT2D eigenvalue weighted by Gasteiger charge is -2.19. The molecular weight excluding hydrogens is 286 g/mol. The first kappa shape index (κ1) is 14.4. The van der Waals surface area contributed by atoms with Gasteiger partial charge in [-0.15, -0.1) is 0 Å². The van der Waals surface area contributed by atoms with Crippen LogP contribution in [-0.2, 0) is 7.05 Å². The number of rotatable bonds is 2. The van der Waals surface area contributed by atoms with Gasteiger partial charge in [-0.1, -0.05) is 18.2 Å². The van der Waals surface area contributed by atoms with Crippen LogP contribution < -0.4 is 0 Å². The summed E-state index contributed by atoms with van der Waals surface area (Å²) in [5.41, 5.74) is 4.36. The Morgan fingerprint density at radius 2 is 1.78 bits per heavy atom. The van der Waals surface area contributed by atoms with E-state index >= 15 is 0 Å². The molecule has 0 spiro atoms. The third kappa shape index (κ3) is 2.01. The summed E-state index contributed by atoms with van der Waals surface area (Å²) in [5, 5.41) is 1.22. The van der Waals surface area contributed by atoms with Crippen LogP contribution in [0.2, 0.25) is 0 Å². The van der Waals surface area contributed by atoms with Crippen molar-refractivity contribution in [1.82, 2.24) is 14.0 Å². The summed E-state index contributed by atoms with van der Waals surface area (Å²) in [6, 6.07) is 10.8. The summed E-state index contributed by atoms with van der Waals surface area (Å²) in [4.78, 5) is 15.0. The summed E-state index contributed by atoms with van der Waals surface area (Å²) in [5.74, 6) is 0.177. The zero-order valence-corrected chi connectivity index (χ0v) is 14.0. The Balaban J connectivity index is 2.00. The molecule has 3 heterocycles. The molecule has 1 amide bonds. The number of fused-ring (bicyclic) bond motifs is 3. The number of aromatic nitrogens is 2. The van der Waals surface area contributed by atoms with Crippen molar-refractivity contribution in [2.75, 3.05) is 13.1 Å². The first-order valence-corrected chi connectivity index (χ1v) is 8.47. The van der Waals surface area contributed by atoms with Crippen LogP contribution in [-0.4, -0.2) is 33.0 Å². The lowest BCUT2D eigenvalue weighted by molar-refractivity contribution is 0.0781. The van der Waals surface area contributed by atoms with Gasteiger partial charge in [0.1, 0.15) is 5.69 Å². The fourth-order valence-corrected chi connectivity index (χ4v) is 3.91. The van der Waals surface area contributed by atoms with Gasteiger partial charge in [0.25, 0.3) is 5.91 Å². The van der Waals surface area contributed by atoms with E-state index in [2.05, 4.69) is 60.4 Å². The average Bonchev–Trinajstić information content (AvgIpc) is 3.24. The summed E-state index contributed by atoms with van der Waals surface area (Å²) in [7, 11) is 2.08. The van der Waals surface area contributed by atoms with Crippen molar-refractivity contribution < 1.29 is 4.79 Å². The van der Waals surface area contributed by atoms with Crippen molar-refractivity contribution in [1.29, 1.82) is 0 Å². The van der Waals surface area contributed by atoms with E-state index in [0.29, 0.717) is 0 Å². The lowest BCUT2D eigenvalue weighted by atomic mass is 10.2. The third-order valence-electron chi connectivity index (χ3n) is 5.03. The van der Waals surface area contributed by atoms with Crippen LogP contribution >= 0.6 is 0 Å². The van der Waals surface area contributed by atoms with Gasteiger partial charge in [-0.2, -0.15) is 0 Å². The standard InChI is InChI=1S/C19H23N3O/c1-13(2)22-17(19(23)21-10-6-7-11-21)12-16-18(22)14-8-4-5-9-15(14)20(16)3/h4-5,8-9,12-13H,6-7,10-11H2,1-3H3. The van der Waals surface area contributed by atoms with E-state index in [-0.39, 0.29) is 11.9 Å². The van der Waals surface area contributed by atoms with Crippen molar-refractivity contribution in [3.63, 3.8) is 0 Å². The first-order valence-electron chi connectivity index (χ1n) is 8.47. The molecule has 0 atom stereocenters. The van der Waals surface area contributed by atoms with Gasteiger partial charge in [0, 0.05) is 31.6 Å². The van der Waals surface area contributed by atoms with Gasteiger partial charge in [0.2, 0.25) is 0 Å². The molecule has 1 saturated heterocycles. The summed E-state index contributed by atoms with van der Waals surface area (Å²) in [6.07, 6.45) is 2.24. The van der Waals surface area contributed by atoms with Crippen molar-refractivity contribution >= 4 is 27.8 Å². The maximum absolute atomic E-state index is 13.0. The van der Waals surface area contributed by atoms with E-state index in [1.807, 2.05) is 4.90 Å². The molecule has 0 unspecified atom stereocenters. The van der Waals surface area contributed by atoms with Crippen molar-refractivity contribution in [3.8, 4) is 0 Å². The predicted molar refractivity (Wildman–Crippen MR) is 93.9 cm³/mol. The van der Waals surface area contributed by atoms with Gasteiger partial charge in [0.05, 0.1) is 16.6 Å². The molecule has 0 N–H and O–H groups in total. The monoisotopic (exact) mass is 309 g/mol. The second-order valence-electron chi connectivity index (χ2n) is 6.80. The largest absolute Gasteiger partial charge is 0.342 e. The van der Waals surface area contributed by atoms with E-state index in [4.69, 9.17) is 0 Å². The molecule has 1 fully saturated rings. The van der Waals surface area contributed by atoms with Gasteiger partial charge in [-0.05, 0) is 38.8 Å². The van der Waals surface area contributed by atoms with Gasteiger partial charge < -0.3 is 14.0 Å². The van der Waals surface area contributed by atoms with E-state index in [0.717, 1.165) is 37.1 Å². The molecule has 4 rings (SSSR count). The number of nitrogens with zero attached hydrogens (tertiary/aromatic N) is 3. The van der Waals surface area contributed by atoms with E-state index in [1.54, 1.807) is 0 Å². The van der Waals surface area contributed by atoms with Crippen LogP contribution in [0.25, 0.3) is 21.9 Å². The Morgan fingerprint density at radius 3 is 2.48 bits per heavy atom. The number of aryl methyl sites for hydroxylation is 1. The second kappa shape index (κ2) is 5.15. The fourth-order valence-electron chi connectivity index (χ4n) is 3.91. The molecule has 4 heteroatoms. The van der Waals surface area contributed by atoms with Crippen molar-refractivity contribution in [2.45, 2.75) is 32.7 Å². The number of carbonyl (C=O) groups excluding carboxylic acids is 1. The van der Waals surface area contributed by atoms with Crippen LogP contribution in [0, 0.1) is 0 Å². The fraction of sp³-hybridized carbons (Fsp3) is 0.421. The van der Waals surface area contributed by atoms with Gasteiger partial charge in [-0.3, -0.25) is 4.79 Å². The van der Waals surface area contributed by atoms with E-state index < -0.39 is 0 Å². The minimum Gasteiger partial charge on any atom is -0.342 e. The van der Waals surface area contributed by atoms with Gasteiger partial charge in [-0.25, -0.2) is 0 Å². The minimum absolute atomic E-state index is 0.177. The molecule has 2 aromatic heterocycles. The highest BCUT2D eigenvalue weighted by Crippen LogP contribution is 2.33. The van der Waals surface area contributed by atoms with Crippen LogP contribution in [0.5, 0.6) is 0 Å². The smallest absolute Gasteiger partial charge is 0.270 e. The maximum atomic E-state index is 13.0. The molecule has 4 nitrogen and oxygen atoms in total. The highest BCUT2D eigenvalue weighted by molar-refractivity contribution is 6.10. The van der Waals surface area contributed by atoms with Crippen molar-refractivity contribution in [3.05, 3.63) is 36.0 Å². The number of carbonyl (C=O) groups is 1. The SMILES string of the molecule is CC(C)n1c(C(=O)N2CCCC2)cc2c1c1ccccc1n2C. The summed E-state index contributed by atoms with van der Waals surface area (Å²) in [6.45, 7) is 6.09. The average molecular weight is 309 g/mol. The van der Waals surface area contributed by atoms with E-state index in [9.17, 15) is 4.79 Å². The molecule has 3 aromatic rings. The van der Waals surface area contributed by atoms with Crippen LogP contribution in [0.15, 0.2) is 30.3 Å². The number of likely N-dealkylation sites (tertiary alicyclic amines) is 1. The first-order chi connectivity index (χ1) is 11.1. The molecule has 1 aliphatic rings. The highest BCUT2D eigenvalue weighted by Gasteiger charge is 2.26. The second-order valence-corrected chi connectivity index (χ2v) is 6.80. The molecule has 23 heavy (non-hydrogen) atoms. The Labute approximate surface area is 136 Å². The Bertz CT molecular complexity index is 894. The summed E-state index contributed by atoms with van der Waals surface area (Å²) < 4.78 is 4.42. The molecular formula is C19H23N3O. The normalized spacial score (nSPS) is 15.4. The third-order valence-corrected chi connectivity index (χ3v) is 5.03. The van der Waals surface area contributed by atoms with Gasteiger partial charge >= 0.3 is 0 Å². The van der Waals surface area contributed by atoms with Crippen molar-refractivity contribution in [2.24, 2.45) is 7.05 Å². The zero-order valence-electron chi connectivity index (χ0n) is 14.0. The molecule has 1 aromatic carbocycles. The Kier molecular flexibility index (Phi) is 3.22. The molecule has 1 aliphatic heterocycles. The summed E-state index contributed by atoms with van der Waals surface area (Å²) >= 11 is 0. The minimum atomic E-state index is 0.177. The maximum Gasteiger partial charge on any atom is 0.270 e. The molecule has 120 valence electrons. The number of para-hydroxylation sites is 1. The zero-order chi connectivity index (χ0) is 16.1. The number of amides is 1. The topological polar surface area (TPSA) is 30.2 Å². The predicted octanol–water partition coefficient (Wildman–Crippen LogP) is 3.95. The molecule has 0 aliphatic carbocycles. The molecule has 0 saturated carbocycles. The Morgan fingerprint density at radius 1 is 1.09 bits per heavy atom. The molecule has 0 bridgehead atoms. The Hall–Kier alpha value is -2.23. The van der Waals surface area contributed by atoms with Crippen LogP contribution in [0.4, 0.5) is 0 Å². The van der Waals surface area contributed by atoms with E-state index in [1.165, 1.54) is 16.4 Å². The lowest BCUT2D eigenvalue weighted by Crippen LogP contribution is -2.29. The van der Waals surface area contributed by atoms with Crippen LogP contribution in [0.1, 0.15) is 43.2 Å². The molecule has 0 radical (unpaired) electrons. The van der Waals surface area contributed by atoms with Gasteiger partial charge in [0.15, 0.2) is 0 Å². The number of hydrogen-bond acceptors (Lipinski definition) is 1. The quantitative estimate of drug-likeness (QED) is 0.705.